The lowest BCUT2D eigenvalue weighted by atomic mass is 9.77. The Bertz CT molecular complexity index is 618. The molecule has 1 amide bonds. The van der Waals surface area contributed by atoms with Gasteiger partial charge in [-0.05, 0) is 5.41 Å². The summed E-state index contributed by atoms with van der Waals surface area (Å²) in [6.07, 6.45) is 1.19. The van der Waals surface area contributed by atoms with E-state index in [2.05, 4.69) is 5.10 Å². The van der Waals surface area contributed by atoms with Crippen LogP contribution >= 0.6 is 0 Å². The molecule has 2 unspecified atom stereocenters. The van der Waals surface area contributed by atoms with Gasteiger partial charge >= 0.3 is 11.8 Å². The lowest BCUT2D eigenvalue weighted by Gasteiger charge is -2.45. The maximum absolute atomic E-state index is 12.3. The zero-order valence-electron chi connectivity index (χ0n) is 12.6. The van der Waals surface area contributed by atoms with Crippen LogP contribution in [0.1, 0.15) is 33.2 Å². The molecular weight excluding hydrogens is 292 g/mol. The highest BCUT2D eigenvalue weighted by Crippen LogP contribution is 2.37. The smallest absolute Gasteiger partial charge is 0.407 e. The Balaban J connectivity index is 2.49. The summed E-state index contributed by atoms with van der Waals surface area (Å²) in [5.74, 6) is -0.171. The third kappa shape index (κ3) is 2.78. The van der Waals surface area contributed by atoms with Crippen molar-refractivity contribution in [2.24, 2.45) is 5.41 Å². The van der Waals surface area contributed by atoms with E-state index < -0.39 is 28.5 Å². The molecule has 1 fully saturated rings. The zero-order valence-corrected chi connectivity index (χ0v) is 12.6. The molecule has 9 nitrogen and oxygen atoms in total. The number of carbonyl (C=O) groups excluding carboxylic acids is 1. The number of amides is 1. The van der Waals surface area contributed by atoms with Gasteiger partial charge < -0.3 is 10.0 Å². The normalized spacial score (nSPS) is 22.7. The number of piperidine rings is 1. The van der Waals surface area contributed by atoms with Gasteiger partial charge in [-0.15, -0.1) is 0 Å². The van der Waals surface area contributed by atoms with E-state index in [1.807, 2.05) is 20.8 Å². The maximum atomic E-state index is 12.3. The van der Waals surface area contributed by atoms with Gasteiger partial charge in [-0.1, -0.05) is 20.8 Å². The predicted octanol–water partition coefficient (Wildman–Crippen LogP) is 1.70. The second-order valence-electron chi connectivity index (χ2n) is 6.38. The van der Waals surface area contributed by atoms with Gasteiger partial charge in [0.05, 0.1) is 11.0 Å². The highest BCUT2D eigenvalue weighted by Gasteiger charge is 2.47. The van der Waals surface area contributed by atoms with Gasteiger partial charge in [-0.2, -0.15) is 5.10 Å². The van der Waals surface area contributed by atoms with Crippen molar-refractivity contribution in [3.63, 3.8) is 0 Å². The van der Waals surface area contributed by atoms with E-state index in [1.165, 1.54) is 15.8 Å². The molecule has 1 aromatic rings. The molecule has 0 radical (unpaired) electrons. The quantitative estimate of drug-likeness (QED) is 0.656. The summed E-state index contributed by atoms with van der Waals surface area (Å²) >= 11 is 0. The summed E-state index contributed by atoms with van der Waals surface area (Å²) in [4.78, 5) is 35.2. The zero-order chi connectivity index (χ0) is 16.7. The molecule has 1 N–H and O–H groups in total. The fourth-order valence-electron chi connectivity index (χ4n) is 2.89. The molecule has 2 rings (SSSR count). The van der Waals surface area contributed by atoms with E-state index in [9.17, 15) is 24.8 Å². The molecule has 1 aromatic heterocycles. The van der Waals surface area contributed by atoms with Gasteiger partial charge in [0.15, 0.2) is 5.78 Å². The second kappa shape index (κ2) is 5.39. The van der Waals surface area contributed by atoms with Gasteiger partial charge in [0.25, 0.3) is 0 Å². The molecule has 0 spiro atoms. The molecule has 2 atom stereocenters. The number of aromatic nitrogens is 2. The van der Waals surface area contributed by atoms with Crippen molar-refractivity contribution in [3.8, 4) is 0 Å². The Morgan fingerprint density at radius 2 is 2.14 bits per heavy atom. The number of likely N-dealkylation sites (tertiary alicyclic amines) is 1. The number of carboxylic acid groups (broad SMARTS) is 1. The number of nitrogens with zero attached hydrogens (tertiary/aromatic N) is 4. The first kappa shape index (κ1) is 15.9. The number of hydrogen-bond donors (Lipinski definition) is 1. The van der Waals surface area contributed by atoms with E-state index in [1.54, 1.807) is 0 Å². The van der Waals surface area contributed by atoms with Crippen molar-refractivity contribution in [1.29, 1.82) is 0 Å². The molecule has 0 aromatic carbocycles. The van der Waals surface area contributed by atoms with Crippen LogP contribution in [-0.4, -0.2) is 49.2 Å². The minimum atomic E-state index is -1.11. The summed E-state index contributed by atoms with van der Waals surface area (Å²) in [7, 11) is 0. The van der Waals surface area contributed by atoms with Gasteiger partial charge in [0.1, 0.15) is 18.4 Å². The topological polar surface area (TPSA) is 119 Å². The predicted molar refractivity (Wildman–Crippen MR) is 75.5 cm³/mol. The van der Waals surface area contributed by atoms with Crippen LogP contribution in [-0.2, 0) is 4.79 Å². The number of ketones is 1. The minimum absolute atomic E-state index is 0.0667. The molecule has 1 aliphatic rings. The van der Waals surface area contributed by atoms with Crippen molar-refractivity contribution in [3.05, 3.63) is 22.5 Å². The Morgan fingerprint density at radius 1 is 1.50 bits per heavy atom. The van der Waals surface area contributed by atoms with E-state index in [0.29, 0.717) is 0 Å². The maximum Gasteiger partial charge on any atom is 0.407 e. The van der Waals surface area contributed by atoms with Crippen LogP contribution in [0.2, 0.25) is 0 Å². The highest BCUT2D eigenvalue weighted by atomic mass is 16.6. The number of carbonyl (C=O) groups is 2. The Morgan fingerprint density at radius 3 is 2.59 bits per heavy atom. The average molecular weight is 310 g/mol. The fraction of sp³-hybridized carbons (Fsp3) is 0.615. The van der Waals surface area contributed by atoms with Crippen LogP contribution in [0.4, 0.5) is 10.5 Å². The molecule has 0 saturated carbocycles. The van der Waals surface area contributed by atoms with Crippen molar-refractivity contribution in [2.45, 2.75) is 39.3 Å². The van der Waals surface area contributed by atoms with Crippen LogP contribution < -0.4 is 0 Å². The molecule has 1 saturated heterocycles. The second-order valence-corrected chi connectivity index (χ2v) is 6.38. The summed E-state index contributed by atoms with van der Waals surface area (Å²) in [6, 6.07) is -1.51. The van der Waals surface area contributed by atoms with Gasteiger partial charge in [0.2, 0.25) is 0 Å². The van der Waals surface area contributed by atoms with Gasteiger partial charge in [-0.3, -0.25) is 19.6 Å². The highest BCUT2D eigenvalue weighted by molar-refractivity contribution is 5.86. The standard InChI is InChI=1S/C13H18N4O5/c1-13(2,3)11-10(9(18)4-5-15(11)12(19)20)16-7-8(6-14-16)17(21)22/h6-7,10-11H,4-5H2,1-3H3,(H,19,20). The Labute approximate surface area is 126 Å². The number of hydrogen-bond acceptors (Lipinski definition) is 5. The molecule has 2 heterocycles. The van der Waals surface area contributed by atoms with Crippen molar-refractivity contribution in [1.82, 2.24) is 14.7 Å². The van der Waals surface area contributed by atoms with Crippen LogP contribution in [0.25, 0.3) is 0 Å². The number of Topliss-reactive ketones (excluding diaryl/α,β-unsaturated/α-hetero) is 1. The van der Waals surface area contributed by atoms with Crippen molar-refractivity contribution >= 4 is 17.6 Å². The van der Waals surface area contributed by atoms with Crippen molar-refractivity contribution < 1.29 is 19.6 Å². The summed E-state index contributed by atoms with van der Waals surface area (Å²) in [5.41, 5.74) is -0.757. The van der Waals surface area contributed by atoms with Gasteiger partial charge in [-0.25, -0.2) is 4.79 Å². The first-order chi connectivity index (χ1) is 10.1. The van der Waals surface area contributed by atoms with Crippen LogP contribution in [0.3, 0.4) is 0 Å². The largest absolute Gasteiger partial charge is 0.465 e. The third-order valence-corrected chi connectivity index (χ3v) is 3.78. The van der Waals surface area contributed by atoms with E-state index >= 15 is 0 Å². The Kier molecular flexibility index (Phi) is 3.90. The lowest BCUT2D eigenvalue weighted by molar-refractivity contribution is -0.385. The SMILES string of the molecule is CC(C)(C)C1C(n2cc([N+](=O)[O-])cn2)C(=O)CCN1C(=O)O. The molecule has 22 heavy (non-hydrogen) atoms. The fourth-order valence-corrected chi connectivity index (χ4v) is 2.89. The molecule has 9 heteroatoms. The van der Waals surface area contributed by atoms with Crippen LogP contribution in [0.5, 0.6) is 0 Å². The summed E-state index contributed by atoms with van der Waals surface area (Å²) in [5, 5.41) is 24.1. The Hall–Kier alpha value is -2.45. The first-order valence-electron chi connectivity index (χ1n) is 6.83. The summed E-state index contributed by atoms with van der Waals surface area (Å²) < 4.78 is 1.21. The van der Waals surface area contributed by atoms with E-state index in [-0.39, 0.29) is 24.4 Å². The number of nitro groups is 1. The molecule has 1 aliphatic heterocycles. The molecule has 0 aliphatic carbocycles. The number of rotatable bonds is 2. The first-order valence-corrected chi connectivity index (χ1v) is 6.83. The monoisotopic (exact) mass is 310 g/mol. The third-order valence-electron chi connectivity index (χ3n) is 3.78. The van der Waals surface area contributed by atoms with Gasteiger partial charge in [0, 0.05) is 13.0 Å². The average Bonchev–Trinajstić information content (AvgIpc) is 2.86. The van der Waals surface area contributed by atoms with Crippen molar-refractivity contribution in [2.75, 3.05) is 6.54 Å². The summed E-state index contributed by atoms with van der Waals surface area (Å²) in [6.45, 7) is 5.61. The van der Waals surface area contributed by atoms with Crippen LogP contribution in [0.15, 0.2) is 12.4 Å². The van der Waals surface area contributed by atoms with Crippen LogP contribution in [0, 0.1) is 15.5 Å². The molecule has 120 valence electrons. The minimum Gasteiger partial charge on any atom is -0.465 e. The van der Waals surface area contributed by atoms with E-state index in [4.69, 9.17) is 0 Å². The van der Waals surface area contributed by atoms with E-state index in [0.717, 1.165) is 6.20 Å². The molecule has 0 bridgehead atoms. The lowest BCUT2D eigenvalue weighted by Crippen LogP contribution is -2.57. The molecular formula is C13H18N4O5.